The van der Waals surface area contributed by atoms with Crippen LogP contribution < -0.4 is 4.90 Å². The normalized spacial score (nSPS) is 10.8. The van der Waals surface area contributed by atoms with Crippen molar-refractivity contribution in [2.75, 3.05) is 11.4 Å². The predicted molar refractivity (Wildman–Crippen MR) is 92.6 cm³/mol. The molecule has 0 aliphatic carbocycles. The Balaban J connectivity index is 2.09. The second-order valence-electron chi connectivity index (χ2n) is 5.04. The Hall–Kier alpha value is -1.99. The Morgan fingerprint density at radius 2 is 1.57 bits per heavy atom. The molecule has 0 aromatic heterocycles. The van der Waals surface area contributed by atoms with Crippen LogP contribution in [0, 0.1) is 0 Å². The quantitative estimate of drug-likeness (QED) is 0.555. The summed E-state index contributed by atoms with van der Waals surface area (Å²) in [5, 5.41) is 2.55. The van der Waals surface area contributed by atoms with Crippen LogP contribution in [0.1, 0.15) is 12.5 Å². The monoisotopic (exact) mass is 295 g/mol. The van der Waals surface area contributed by atoms with Gasteiger partial charge in [-0.2, -0.15) is 0 Å². The Morgan fingerprint density at radius 1 is 0.857 bits per heavy atom. The molecule has 2 heteroatoms. The molecule has 106 valence electrons. The molecular formula is C19H18ClN. The zero-order chi connectivity index (χ0) is 14.7. The van der Waals surface area contributed by atoms with E-state index in [1.54, 1.807) is 0 Å². The van der Waals surface area contributed by atoms with Crippen molar-refractivity contribution in [2.45, 2.75) is 12.8 Å². The number of anilines is 2. The third-order valence-corrected chi connectivity index (χ3v) is 4.08. The molecule has 3 aromatic carbocycles. The highest BCUT2D eigenvalue weighted by atomic mass is 35.5. The fourth-order valence-corrected chi connectivity index (χ4v) is 2.88. The van der Waals surface area contributed by atoms with E-state index in [1.165, 1.54) is 22.1 Å². The van der Waals surface area contributed by atoms with Gasteiger partial charge in [0.1, 0.15) is 0 Å². The maximum absolute atomic E-state index is 5.87. The summed E-state index contributed by atoms with van der Waals surface area (Å²) in [7, 11) is 0. The van der Waals surface area contributed by atoms with Crippen molar-refractivity contribution in [1.29, 1.82) is 0 Å². The van der Waals surface area contributed by atoms with E-state index in [-0.39, 0.29) is 0 Å². The van der Waals surface area contributed by atoms with Gasteiger partial charge in [-0.15, -0.1) is 11.6 Å². The van der Waals surface area contributed by atoms with Gasteiger partial charge in [-0.3, -0.25) is 0 Å². The summed E-state index contributed by atoms with van der Waals surface area (Å²) >= 11 is 5.87. The summed E-state index contributed by atoms with van der Waals surface area (Å²) in [6, 6.07) is 23.4. The van der Waals surface area contributed by atoms with Gasteiger partial charge >= 0.3 is 0 Å². The minimum Gasteiger partial charge on any atom is -0.341 e. The number of hydrogen-bond acceptors (Lipinski definition) is 1. The number of nitrogens with zero attached hydrogens (tertiary/aromatic N) is 1. The van der Waals surface area contributed by atoms with Gasteiger partial charge in [-0.25, -0.2) is 0 Å². The topological polar surface area (TPSA) is 3.24 Å². The molecule has 0 saturated heterocycles. The molecule has 3 rings (SSSR count). The molecule has 3 aromatic rings. The third-order valence-electron chi connectivity index (χ3n) is 3.78. The average molecular weight is 296 g/mol. The molecule has 0 bridgehead atoms. The molecule has 0 atom stereocenters. The summed E-state index contributed by atoms with van der Waals surface area (Å²) in [5.74, 6) is 0.556. The molecule has 21 heavy (non-hydrogen) atoms. The van der Waals surface area contributed by atoms with Crippen LogP contribution in [0.3, 0.4) is 0 Å². The minimum atomic E-state index is 0.556. The summed E-state index contributed by atoms with van der Waals surface area (Å²) in [6.45, 7) is 3.10. The first-order valence-electron chi connectivity index (χ1n) is 7.23. The van der Waals surface area contributed by atoms with E-state index in [9.17, 15) is 0 Å². The highest BCUT2D eigenvalue weighted by molar-refractivity contribution is 6.17. The second kappa shape index (κ2) is 6.19. The Labute approximate surface area is 130 Å². The average Bonchev–Trinajstić information content (AvgIpc) is 2.56. The van der Waals surface area contributed by atoms with Gasteiger partial charge < -0.3 is 4.90 Å². The lowest BCUT2D eigenvalue weighted by molar-refractivity contribution is 1.03. The van der Waals surface area contributed by atoms with Gasteiger partial charge in [0.25, 0.3) is 0 Å². The summed E-state index contributed by atoms with van der Waals surface area (Å²) in [4.78, 5) is 2.33. The van der Waals surface area contributed by atoms with Crippen molar-refractivity contribution in [3.8, 4) is 0 Å². The predicted octanol–water partition coefficient (Wildman–Crippen LogP) is 5.74. The lowest BCUT2D eigenvalue weighted by Crippen LogP contribution is -2.16. The van der Waals surface area contributed by atoms with Gasteiger partial charge in [-0.1, -0.05) is 48.5 Å². The van der Waals surface area contributed by atoms with E-state index in [0.717, 1.165) is 12.1 Å². The van der Waals surface area contributed by atoms with Gasteiger partial charge in [0, 0.05) is 29.2 Å². The molecule has 0 saturated carbocycles. The molecule has 0 fully saturated rings. The maximum atomic E-state index is 5.87. The van der Waals surface area contributed by atoms with Crippen molar-refractivity contribution in [3.05, 3.63) is 72.3 Å². The van der Waals surface area contributed by atoms with Crippen LogP contribution in [0.4, 0.5) is 11.4 Å². The number of benzene rings is 3. The van der Waals surface area contributed by atoms with Gasteiger partial charge in [0.2, 0.25) is 0 Å². The third kappa shape index (κ3) is 2.74. The number of hydrogen-bond donors (Lipinski definition) is 0. The molecule has 0 spiro atoms. The van der Waals surface area contributed by atoms with Crippen LogP contribution in [0.5, 0.6) is 0 Å². The Kier molecular flexibility index (Phi) is 4.12. The molecule has 0 N–H and O–H groups in total. The highest BCUT2D eigenvalue weighted by Gasteiger charge is 2.10. The van der Waals surface area contributed by atoms with Crippen molar-refractivity contribution in [3.63, 3.8) is 0 Å². The smallest absolute Gasteiger partial charge is 0.0490 e. The minimum absolute atomic E-state index is 0.556. The van der Waals surface area contributed by atoms with Crippen LogP contribution in [0.2, 0.25) is 0 Å². The van der Waals surface area contributed by atoms with Crippen LogP contribution >= 0.6 is 11.6 Å². The Bertz CT molecular complexity index is 729. The largest absolute Gasteiger partial charge is 0.341 e. The van der Waals surface area contributed by atoms with Crippen molar-refractivity contribution < 1.29 is 0 Å². The van der Waals surface area contributed by atoms with E-state index in [0.29, 0.717) is 5.88 Å². The fraction of sp³-hybridized carbons (Fsp3) is 0.158. The summed E-state index contributed by atoms with van der Waals surface area (Å²) < 4.78 is 0. The summed E-state index contributed by atoms with van der Waals surface area (Å²) in [5.41, 5.74) is 3.59. The molecule has 0 amide bonds. The van der Waals surface area contributed by atoms with Crippen molar-refractivity contribution in [2.24, 2.45) is 0 Å². The van der Waals surface area contributed by atoms with Crippen LogP contribution in [-0.4, -0.2) is 6.54 Å². The number of alkyl halides is 1. The van der Waals surface area contributed by atoms with Crippen LogP contribution in [0.25, 0.3) is 10.8 Å². The second-order valence-corrected chi connectivity index (χ2v) is 5.31. The van der Waals surface area contributed by atoms with E-state index in [2.05, 4.69) is 78.6 Å². The number of halogens is 1. The molecule has 0 radical (unpaired) electrons. The lowest BCUT2D eigenvalue weighted by Gasteiger charge is -2.25. The molecule has 0 aliphatic heterocycles. The molecule has 0 aliphatic rings. The molecule has 0 unspecified atom stereocenters. The zero-order valence-electron chi connectivity index (χ0n) is 12.1. The van der Waals surface area contributed by atoms with Crippen molar-refractivity contribution >= 4 is 33.7 Å². The fourth-order valence-electron chi connectivity index (χ4n) is 2.70. The van der Waals surface area contributed by atoms with E-state index in [4.69, 9.17) is 11.6 Å². The zero-order valence-corrected chi connectivity index (χ0v) is 12.8. The van der Waals surface area contributed by atoms with Gasteiger partial charge in [0.05, 0.1) is 0 Å². The highest BCUT2D eigenvalue weighted by Crippen LogP contribution is 2.32. The molecule has 1 nitrogen and oxygen atoms in total. The molecule has 0 heterocycles. The van der Waals surface area contributed by atoms with Crippen molar-refractivity contribution in [1.82, 2.24) is 0 Å². The SMILES string of the molecule is CCN(c1ccc(CCl)cc1)c1cccc2ccccc12. The summed E-state index contributed by atoms with van der Waals surface area (Å²) in [6.07, 6.45) is 0. The number of rotatable bonds is 4. The van der Waals surface area contributed by atoms with E-state index in [1.807, 2.05) is 0 Å². The van der Waals surface area contributed by atoms with E-state index < -0.39 is 0 Å². The van der Waals surface area contributed by atoms with Gasteiger partial charge in [-0.05, 0) is 36.1 Å². The first-order chi connectivity index (χ1) is 10.3. The first kappa shape index (κ1) is 14.0. The van der Waals surface area contributed by atoms with Gasteiger partial charge in [0.15, 0.2) is 0 Å². The maximum Gasteiger partial charge on any atom is 0.0490 e. The number of fused-ring (bicyclic) bond motifs is 1. The molecular weight excluding hydrogens is 278 g/mol. The standard InChI is InChI=1S/C19H18ClN/c1-2-21(17-12-10-15(14-20)11-13-17)19-9-5-7-16-6-3-4-8-18(16)19/h3-13H,2,14H2,1H3. The lowest BCUT2D eigenvalue weighted by atomic mass is 10.1. The van der Waals surface area contributed by atoms with Crippen LogP contribution in [0.15, 0.2) is 66.7 Å². The van der Waals surface area contributed by atoms with E-state index >= 15 is 0 Å². The van der Waals surface area contributed by atoms with Crippen LogP contribution in [-0.2, 0) is 5.88 Å². The first-order valence-corrected chi connectivity index (χ1v) is 7.77. The Morgan fingerprint density at radius 3 is 2.29 bits per heavy atom.